The maximum Gasteiger partial charge on any atom is 0.262 e. The predicted molar refractivity (Wildman–Crippen MR) is 95.3 cm³/mol. The molecular weight excluding hydrogens is 370 g/mol. The number of benzene rings is 1. The van der Waals surface area contributed by atoms with Crippen molar-refractivity contribution in [1.29, 1.82) is 0 Å². The van der Waals surface area contributed by atoms with Crippen LogP contribution in [0.15, 0.2) is 18.2 Å². The van der Waals surface area contributed by atoms with Crippen molar-refractivity contribution in [2.24, 2.45) is 5.73 Å². The van der Waals surface area contributed by atoms with Gasteiger partial charge in [-0.1, -0.05) is 12.1 Å². The summed E-state index contributed by atoms with van der Waals surface area (Å²) in [7, 11) is 0. The van der Waals surface area contributed by atoms with Crippen LogP contribution in [0.25, 0.3) is 0 Å². The number of piperidine rings is 1. The van der Waals surface area contributed by atoms with Crippen LogP contribution in [0, 0.1) is 0 Å². The number of likely N-dealkylation sites (tertiary alicyclic amines) is 1. The second kappa shape index (κ2) is 6.89. The zero-order chi connectivity index (χ0) is 20.1. The highest BCUT2D eigenvalue weighted by molar-refractivity contribution is 6.05. The molecule has 0 bridgehead atoms. The molecule has 2 atom stereocenters. The van der Waals surface area contributed by atoms with Crippen LogP contribution in [0.4, 0.5) is 8.78 Å². The molecular formula is C19H22F2N4O3. The van der Waals surface area contributed by atoms with E-state index in [-0.39, 0.29) is 57.3 Å². The number of alkyl halides is 2. The van der Waals surface area contributed by atoms with Crippen LogP contribution in [0.2, 0.25) is 0 Å². The van der Waals surface area contributed by atoms with E-state index in [0.717, 1.165) is 11.1 Å². The van der Waals surface area contributed by atoms with Gasteiger partial charge in [0.15, 0.2) is 0 Å². The van der Waals surface area contributed by atoms with Crippen molar-refractivity contribution in [3.05, 3.63) is 34.9 Å². The molecule has 4 rings (SSSR count). The fourth-order valence-electron chi connectivity index (χ4n) is 4.40. The molecule has 3 amide bonds. The van der Waals surface area contributed by atoms with E-state index in [1.165, 1.54) is 4.90 Å². The summed E-state index contributed by atoms with van der Waals surface area (Å²) in [6.45, 7) is 0.292. The van der Waals surface area contributed by atoms with E-state index in [0.29, 0.717) is 5.56 Å². The van der Waals surface area contributed by atoms with Crippen LogP contribution in [0.5, 0.6) is 0 Å². The highest BCUT2D eigenvalue weighted by Crippen LogP contribution is 2.35. The summed E-state index contributed by atoms with van der Waals surface area (Å²) >= 11 is 0. The first kappa shape index (κ1) is 18.9. The number of hydrogen-bond donors (Lipinski definition) is 2. The number of carbonyl (C=O) groups is 3. The van der Waals surface area contributed by atoms with Crippen molar-refractivity contribution in [3.8, 4) is 0 Å². The summed E-state index contributed by atoms with van der Waals surface area (Å²) in [4.78, 5) is 39.5. The van der Waals surface area contributed by atoms with Gasteiger partial charge in [0, 0.05) is 44.1 Å². The van der Waals surface area contributed by atoms with Crippen LogP contribution in [-0.4, -0.2) is 58.6 Å². The third-order valence-corrected chi connectivity index (χ3v) is 5.81. The van der Waals surface area contributed by atoms with Crippen molar-refractivity contribution >= 4 is 17.7 Å². The van der Waals surface area contributed by atoms with Gasteiger partial charge >= 0.3 is 0 Å². The molecule has 3 heterocycles. The van der Waals surface area contributed by atoms with Gasteiger partial charge in [0.25, 0.3) is 11.8 Å². The Morgan fingerprint density at radius 1 is 1.25 bits per heavy atom. The molecule has 9 heteroatoms. The molecule has 0 radical (unpaired) electrons. The summed E-state index contributed by atoms with van der Waals surface area (Å²) < 4.78 is 27.6. The summed E-state index contributed by atoms with van der Waals surface area (Å²) in [5, 5.41) is 2.27. The SMILES string of the molecule is NC[C@@H]1CC(F)(F)CN1Cc1cccc2c1CN(C1CCC(=O)NC1=O)C2=O. The fourth-order valence-corrected chi connectivity index (χ4v) is 4.40. The summed E-state index contributed by atoms with van der Waals surface area (Å²) in [5.74, 6) is -3.85. The molecule has 3 aliphatic rings. The Morgan fingerprint density at radius 3 is 2.75 bits per heavy atom. The second-order valence-corrected chi connectivity index (χ2v) is 7.70. The van der Waals surface area contributed by atoms with Crippen LogP contribution < -0.4 is 11.1 Å². The van der Waals surface area contributed by atoms with Gasteiger partial charge in [0.05, 0.1) is 6.54 Å². The first-order valence-electron chi connectivity index (χ1n) is 9.36. The zero-order valence-corrected chi connectivity index (χ0v) is 15.3. The minimum absolute atomic E-state index is 0.145. The van der Waals surface area contributed by atoms with Crippen LogP contribution >= 0.6 is 0 Å². The molecule has 3 N–H and O–H groups in total. The number of amides is 3. The molecule has 3 aliphatic heterocycles. The van der Waals surface area contributed by atoms with Crippen molar-refractivity contribution in [1.82, 2.24) is 15.1 Å². The van der Waals surface area contributed by atoms with Crippen molar-refractivity contribution in [2.45, 2.75) is 50.4 Å². The molecule has 0 aliphatic carbocycles. The van der Waals surface area contributed by atoms with E-state index >= 15 is 0 Å². The normalized spacial score (nSPS) is 27.2. The van der Waals surface area contributed by atoms with Crippen LogP contribution in [0.3, 0.4) is 0 Å². The molecule has 150 valence electrons. The van der Waals surface area contributed by atoms with Crippen molar-refractivity contribution < 1.29 is 23.2 Å². The lowest BCUT2D eigenvalue weighted by atomic mass is 10.0. The van der Waals surface area contributed by atoms with Gasteiger partial charge in [-0.25, -0.2) is 8.78 Å². The maximum atomic E-state index is 13.8. The number of nitrogens with zero attached hydrogens (tertiary/aromatic N) is 2. The van der Waals surface area contributed by atoms with E-state index in [4.69, 9.17) is 5.73 Å². The van der Waals surface area contributed by atoms with Crippen LogP contribution in [-0.2, 0) is 22.7 Å². The molecule has 28 heavy (non-hydrogen) atoms. The van der Waals surface area contributed by atoms with Gasteiger partial charge < -0.3 is 10.6 Å². The van der Waals surface area contributed by atoms with Gasteiger partial charge in [-0.2, -0.15) is 0 Å². The Kier molecular flexibility index (Phi) is 4.67. The number of fused-ring (bicyclic) bond motifs is 1. The van der Waals surface area contributed by atoms with Gasteiger partial charge in [-0.05, 0) is 23.6 Å². The second-order valence-electron chi connectivity index (χ2n) is 7.70. The molecule has 1 unspecified atom stereocenters. The lowest BCUT2D eigenvalue weighted by Gasteiger charge is -2.29. The number of halogens is 2. The topological polar surface area (TPSA) is 95.7 Å². The molecule has 7 nitrogen and oxygen atoms in total. The number of imide groups is 1. The van der Waals surface area contributed by atoms with Crippen LogP contribution in [0.1, 0.15) is 40.7 Å². The third-order valence-electron chi connectivity index (χ3n) is 5.81. The Bertz CT molecular complexity index is 844. The Morgan fingerprint density at radius 2 is 2.04 bits per heavy atom. The number of nitrogens with one attached hydrogen (secondary N) is 1. The predicted octanol–water partition coefficient (Wildman–Crippen LogP) is 0.616. The lowest BCUT2D eigenvalue weighted by Crippen LogP contribution is -2.52. The lowest BCUT2D eigenvalue weighted by molar-refractivity contribution is -0.136. The minimum Gasteiger partial charge on any atom is -0.329 e. The summed E-state index contributed by atoms with van der Waals surface area (Å²) in [6, 6.07) is 4.13. The summed E-state index contributed by atoms with van der Waals surface area (Å²) in [5.41, 5.74) is 7.70. The van der Waals surface area contributed by atoms with Crippen molar-refractivity contribution in [3.63, 3.8) is 0 Å². The number of carbonyl (C=O) groups excluding carboxylic acids is 3. The van der Waals surface area contributed by atoms with Gasteiger partial charge in [0.2, 0.25) is 11.8 Å². The monoisotopic (exact) mass is 392 g/mol. The average molecular weight is 392 g/mol. The minimum atomic E-state index is -2.77. The Hall–Kier alpha value is -2.39. The van der Waals surface area contributed by atoms with Crippen molar-refractivity contribution in [2.75, 3.05) is 13.1 Å². The quantitative estimate of drug-likeness (QED) is 0.733. The molecule has 1 aromatic carbocycles. The molecule has 2 fully saturated rings. The molecule has 1 aromatic rings. The first-order valence-corrected chi connectivity index (χ1v) is 9.36. The van der Waals surface area contributed by atoms with Gasteiger partial charge in [-0.15, -0.1) is 0 Å². The first-order chi connectivity index (χ1) is 13.3. The van der Waals surface area contributed by atoms with E-state index in [1.807, 2.05) is 6.07 Å². The highest BCUT2D eigenvalue weighted by atomic mass is 19.3. The number of rotatable bonds is 4. The summed E-state index contributed by atoms with van der Waals surface area (Å²) in [6.07, 6.45) is 0.206. The van der Waals surface area contributed by atoms with E-state index < -0.39 is 23.9 Å². The van der Waals surface area contributed by atoms with Gasteiger partial charge in [-0.3, -0.25) is 24.6 Å². The fraction of sp³-hybridized carbons (Fsp3) is 0.526. The molecule has 0 spiro atoms. The van der Waals surface area contributed by atoms with E-state index in [2.05, 4.69) is 5.32 Å². The number of hydrogen-bond acceptors (Lipinski definition) is 5. The molecule has 2 saturated heterocycles. The third kappa shape index (κ3) is 3.29. The molecule has 0 aromatic heterocycles. The Balaban J connectivity index is 1.56. The molecule has 0 saturated carbocycles. The van der Waals surface area contributed by atoms with Gasteiger partial charge in [0.1, 0.15) is 6.04 Å². The standard InChI is InChI=1S/C19H22F2N4O3/c20-19(21)6-12(7-22)24(10-19)8-11-2-1-3-13-14(11)9-25(18(13)28)15-4-5-16(26)23-17(15)27/h1-3,12,15H,4-10,22H2,(H,23,26,27)/t12-,15?/m0/s1. The highest BCUT2D eigenvalue weighted by Gasteiger charge is 2.45. The number of nitrogens with two attached hydrogens (primary N) is 1. The maximum absolute atomic E-state index is 13.8. The smallest absolute Gasteiger partial charge is 0.262 e. The van der Waals surface area contributed by atoms with E-state index in [1.54, 1.807) is 17.0 Å². The Labute approximate surface area is 160 Å². The average Bonchev–Trinajstić information content (AvgIpc) is 3.12. The largest absolute Gasteiger partial charge is 0.329 e. The zero-order valence-electron chi connectivity index (χ0n) is 15.3. The van der Waals surface area contributed by atoms with E-state index in [9.17, 15) is 23.2 Å².